The largest absolute Gasteiger partial charge is 0.348 e. The van der Waals surface area contributed by atoms with E-state index in [-0.39, 0.29) is 0 Å². The maximum Gasteiger partial charge on any atom is 0.263 e. The maximum atomic E-state index is 5.88. The third-order valence-corrected chi connectivity index (χ3v) is 2.31. The van der Waals surface area contributed by atoms with E-state index < -0.39 is 0 Å². The first-order valence-electron chi connectivity index (χ1n) is 5.04. The lowest BCUT2D eigenvalue weighted by molar-refractivity contribution is 0.552. The van der Waals surface area contributed by atoms with E-state index in [1.807, 2.05) is 31.2 Å². The molecular formula is C10H12ClN5. The Kier molecular flexibility index (Phi) is 3.36. The lowest BCUT2D eigenvalue weighted by Gasteiger charge is -2.01. The second-order valence-electron chi connectivity index (χ2n) is 3.29. The molecule has 0 radical (unpaired) electrons. The second-order valence-corrected chi connectivity index (χ2v) is 3.72. The lowest BCUT2D eigenvalue weighted by Crippen LogP contribution is -2.02. The van der Waals surface area contributed by atoms with Gasteiger partial charge < -0.3 is 5.32 Å². The van der Waals surface area contributed by atoms with Crippen molar-refractivity contribution in [1.29, 1.82) is 0 Å². The lowest BCUT2D eigenvalue weighted by atomic mass is 10.2. The summed E-state index contributed by atoms with van der Waals surface area (Å²) >= 11 is 5.88. The first kappa shape index (κ1) is 10.9. The van der Waals surface area contributed by atoms with Crippen molar-refractivity contribution in [1.82, 2.24) is 20.2 Å². The molecule has 5 nitrogen and oxygen atoms in total. The fraction of sp³-hybridized carbons (Fsp3) is 0.300. The minimum atomic E-state index is 0.529. The van der Waals surface area contributed by atoms with Gasteiger partial charge in [-0.2, -0.15) is 4.80 Å². The molecule has 2 aromatic rings. The summed E-state index contributed by atoms with van der Waals surface area (Å²) in [6, 6.07) is 7.65. The van der Waals surface area contributed by atoms with Crippen LogP contribution in [-0.2, 0) is 13.1 Å². The summed E-state index contributed by atoms with van der Waals surface area (Å²) in [5, 5.41) is 15.6. The highest BCUT2D eigenvalue weighted by atomic mass is 35.5. The summed E-state index contributed by atoms with van der Waals surface area (Å²) in [5.74, 6) is 0.529. The number of nitrogens with zero attached hydrogens (tertiary/aromatic N) is 4. The Labute approximate surface area is 98.4 Å². The van der Waals surface area contributed by atoms with Crippen molar-refractivity contribution in [2.75, 3.05) is 5.32 Å². The highest BCUT2D eigenvalue weighted by Crippen LogP contribution is 2.11. The van der Waals surface area contributed by atoms with E-state index in [1.54, 1.807) is 0 Å². The van der Waals surface area contributed by atoms with Crippen LogP contribution in [0.1, 0.15) is 12.5 Å². The number of aromatic nitrogens is 4. The number of anilines is 1. The Hall–Kier alpha value is -1.62. The van der Waals surface area contributed by atoms with Crippen LogP contribution in [0.4, 0.5) is 5.95 Å². The number of nitrogens with one attached hydrogen (secondary N) is 1. The van der Waals surface area contributed by atoms with E-state index in [4.69, 9.17) is 11.6 Å². The number of hydrogen-bond donors (Lipinski definition) is 1. The Balaban J connectivity index is 1.96. The van der Waals surface area contributed by atoms with Gasteiger partial charge >= 0.3 is 0 Å². The fourth-order valence-electron chi connectivity index (χ4n) is 1.28. The maximum absolute atomic E-state index is 5.88. The van der Waals surface area contributed by atoms with E-state index in [1.165, 1.54) is 4.80 Å². The van der Waals surface area contributed by atoms with Crippen LogP contribution < -0.4 is 5.32 Å². The van der Waals surface area contributed by atoms with Crippen LogP contribution in [0.3, 0.4) is 0 Å². The van der Waals surface area contributed by atoms with Crippen molar-refractivity contribution in [3.05, 3.63) is 34.9 Å². The molecule has 0 saturated heterocycles. The van der Waals surface area contributed by atoms with Crippen LogP contribution in [0.5, 0.6) is 0 Å². The molecule has 0 saturated carbocycles. The number of aryl methyl sites for hydroxylation is 1. The number of rotatable bonds is 4. The van der Waals surface area contributed by atoms with Crippen molar-refractivity contribution in [3.63, 3.8) is 0 Å². The van der Waals surface area contributed by atoms with E-state index in [0.29, 0.717) is 19.0 Å². The summed E-state index contributed by atoms with van der Waals surface area (Å²) in [6.45, 7) is 3.31. The average molecular weight is 238 g/mol. The topological polar surface area (TPSA) is 55.6 Å². The third kappa shape index (κ3) is 2.70. The zero-order chi connectivity index (χ0) is 11.4. The Morgan fingerprint density at radius 1 is 1.44 bits per heavy atom. The highest BCUT2D eigenvalue weighted by molar-refractivity contribution is 6.30. The molecule has 84 valence electrons. The van der Waals surface area contributed by atoms with Crippen LogP contribution in [-0.4, -0.2) is 20.2 Å². The number of halogens is 1. The molecule has 0 aliphatic rings. The summed E-state index contributed by atoms with van der Waals surface area (Å²) in [5.41, 5.74) is 1.08. The monoisotopic (exact) mass is 237 g/mol. The van der Waals surface area contributed by atoms with Gasteiger partial charge in [-0.15, -0.1) is 5.10 Å². The molecule has 0 fully saturated rings. The van der Waals surface area contributed by atoms with Crippen LogP contribution >= 0.6 is 11.6 Å². The number of hydrogen-bond acceptors (Lipinski definition) is 4. The molecule has 0 spiro atoms. The van der Waals surface area contributed by atoms with Crippen molar-refractivity contribution in [2.24, 2.45) is 0 Å². The SMILES string of the molecule is CCn1nnc(NCc2cccc(Cl)c2)n1. The van der Waals surface area contributed by atoms with Gasteiger partial charge in [0.15, 0.2) is 0 Å². The first-order valence-corrected chi connectivity index (χ1v) is 5.42. The van der Waals surface area contributed by atoms with Gasteiger partial charge in [0.2, 0.25) is 0 Å². The molecule has 0 atom stereocenters. The van der Waals surface area contributed by atoms with Gasteiger partial charge in [0.25, 0.3) is 5.95 Å². The predicted molar refractivity (Wildman–Crippen MR) is 62.3 cm³/mol. The van der Waals surface area contributed by atoms with Crippen molar-refractivity contribution in [3.8, 4) is 0 Å². The Morgan fingerprint density at radius 2 is 2.31 bits per heavy atom. The Bertz CT molecular complexity index is 468. The molecule has 2 rings (SSSR count). The van der Waals surface area contributed by atoms with E-state index >= 15 is 0 Å². The van der Waals surface area contributed by atoms with Crippen molar-refractivity contribution >= 4 is 17.5 Å². The van der Waals surface area contributed by atoms with Gasteiger partial charge in [0.1, 0.15) is 0 Å². The number of benzene rings is 1. The molecule has 6 heteroatoms. The van der Waals surface area contributed by atoms with Crippen LogP contribution in [0.2, 0.25) is 5.02 Å². The first-order chi connectivity index (χ1) is 7.78. The Morgan fingerprint density at radius 3 is 3.00 bits per heavy atom. The van der Waals surface area contributed by atoms with E-state index in [9.17, 15) is 0 Å². The quantitative estimate of drug-likeness (QED) is 0.883. The zero-order valence-corrected chi connectivity index (χ0v) is 9.65. The molecule has 1 heterocycles. The average Bonchev–Trinajstić information content (AvgIpc) is 2.74. The van der Waals surface area contributed by atoms with E-state index in [2.05, 4.69) is 20.7 Å². The predicted octanol–water partition coefficient (Wildman–Crippen LogP) is 1.96. The minimum absolute atomic E-state index is 0.529. The zero-order valence-electron chi connectivity index (χ0n) is 8.89. The minimum Gasteiger partial charge on any atom is -0.348 e. The van der Waals surface area contributed by atoms with Gasteiger partial charge in [-0.3, -0.25) is 0 Å². The van der Waals surface area contributed by atoms with Gasteiger partial charge in [0, 0.05) is 11.6 Å². The van der Waals surface area contributed by atoms with Crippen LogP contribution in [0.15, 0.2) is 24.3 Å². The summed E-state index contributed by atoms with van der Waals surface area (Å²) in [4.78, 5) is 1.53. The molecule has 0 bridgehead atoms. The molecule has 0 aliphatic heterocycles. The molecule has 1 aromatic heterocycles. The van der Waals surface area contributed by atoms with Crippen molar-refractivity contribution in [2.45, 2.75) is 20.0 Å². The summed E-state index contributed by atoms with van der Waals surface area (Å²) < 4.78 is 0. The molecule has 1 aromatic carbocycles. The van der Waals surface area contributed by atoms with Gasteiger partial charge in [-0.1, -0.05) is 28.8 Å². The van der Waals surface area contributed by atoms with Gasteiger partial charge in [-0.05, 0) is 29.8 Å². The van der Waals surface area contributed by atoms with Crippen LogP contribution in [0.25, 0.3) is 0 Å². The molecular weight excluding hydrogens is 226 g/mol. The van der Waals surface area contributed by atoms with Gasteiger partial charge in [-0.25, -0.2) is 0 Å². The standard InChI is InChI=1S/C10H12ClN5/c1-2-16-14-10(13-15-16)12-7-8-4-3-5-9(11)6-8/h3-6H,2,7H2,1H3,(H,12,14). The number of tetrazole rings is 1. The molecule has 0 amide bonds. The third-order valence-electron chi connectivity index (χ3n) is 2.08. The highest BCUT2D eigenvalue weighted by Gasteiger charge is 2.00. The van der Waals surface area contributed by atoms with Crippen molar-refractivity contribution < 1.29 is 0 Å². The fourth-order valence-corrected chi connectivity index (χ4v) is 1.49. The summed E-state index contributed by atoms with van der Waals surface area (Å²) in [6.07, 6.45) is 0. The normalized spacial score (nSPS) is 10.4. The smallest absolute Gasteiger partial charge is 0.263 e. The van der Waals surface area contributed by atoms with Gasteiger partial charge in [0.05, 0.1) is 6.54 Å². The second kappa shape index (κ2) is 4.94. The molecule has 0 aliphatic carbocycles. The summed E-state index contributed by atoms with van der Waals surface area (Å²) in [7, 11) is 0. The molecule has 0 unspecified atom stereocenters. The van der Waals surface area contributed by atoms with E-state index in [0.717, 1.165) is 10.6 Å². The molecule has 1 N–H and O–H groups in total. The molecule has 16 heavy (non-hydrogen) atoms. The van der Waals surface area contributed by atoms with Crippen LogP contribution in [0, 0.1) is 0 Å².